The van der Waals surface area contributed by atoms with Crippen molar-refractivity contribution < 1.29 is 18.1 Å². The Hall–Kier alpha value is -0.220. The van der Waals surface area contributed by atoms with Crippen LogP contribution in [0.5, 0.6) is 0 Å². The van der Waals surface area contributed by atoms with Crippen molar-refractivity contribution in [1.29, 1.82) is 0 Å². The van der Waals surface area contributed by atoms with Crippen LogP contribution in [0.2, 0.25) is 0 Å². The standard InChI is InChI=1S/C12H21O4PS/c1-4-14-17(13,15-5-2)16-12(10-18-3)11-8-6-7-9-11/h8,10H,4-7,9H2,1-3H3/b12-10-. The van der Waals surface area contributed by atoms with Crippen LogP contribution in [-0.4, -0.2) is 19.5 Å². The van der Waals surface area contributed by atoms with E-state index in [0.29, 0.717) is 19.0 Å². The lowest BCUT2D eigenvalue weighted by Crippen LogP contribution is -2.01. The molecule has 0 bridgehead atoms. The van der Waals surface area contributed by atoms with Gasteiger partial charge in [-0.1, -0.05) is 6.08 Å². The second-order valence-corrected chi connectivity index (χ2v) is 6.01. The van der Waals surface area contributed by atoms with E-state index >= 15 is 0 Å². The predicted octanol–water partition coefficient (Wildman–Crippen LogP) is 4.50. The minimum Gasteiger partial charge on any atom is -0.403 e. The van der Waals surface area contributed by atoms with Crippen LogP contribution in [0.1, 0.15) is 33.1 Å². The second kappa shape index (κ2) is 8.05. The molecule has 0 spiro atoms. The fourth-order valence-corrected chi connectivity index (χ4v) is 3.39. The Morgan fingerprint density at radius 3 is 2.56 bits per heavy atom. The summed E-state index contributed by atoms with van der Waals surface area (Å²) in [6, 6.07) is 0. The highest BCUT2D eigenvalue weighted by molar-refractivity contribution is 8.01. The molecule has 0 saturated heterocycles. The van der Waals surface area contributed by atoms with E-state index in [9.17, 15) is 4.57 Å². The number of phosphoric ester groups is 1. The lowest BCUT2D eigenvalue weighted by atomic mass is 10.2. The molecule has 0 unspecified atom stereocenters. The fraction of sp³-hybridized carbons (Fsp3) is 0.667. The lowest BCUT2D eigenvalue weighted by Gasteiger charge is -2.19. The van der Waals surface area contributed by atoms with Gasteiger partial charge in [-0.2, -0.15) is 0 Å². The van der Waals surface area contributed by atoms with Crippen molar-refractivity contribution in [3.05, 3.63) is 22.8 Å². The van der Waals surface area contributed by atoms with Gasteiger partial charge in [-0.3, -0.25) is 9.05 Å². The molecule has 0 amide bonds. The first-order valence-corrected chi connectivity index (χ1v) is 8.91. The summed E-state index contributed by atoms with van der Waals surface area (Å²) in [5.74, 6) is 0.616. The number of hydrogen-bond donors (Lipinski definition) is 0. The van der Waals surface area contributed by atoms with Crippen LogP contribution in [0.3, 0.4) is 0 Å². The topological polar surface area (TPSA) is 44.8 Å². The quantitative estimate of drug-likeness (QED) is 0.487. The Morgan fingerprint density at radius 1 is 1.44 bits per heavy atom. The van der Waals surface area contributed by atoms with Crippen molar-refractivity contribution in [3.8, 4) is 0 Å². The van der Waals surface area contributed by atoms with Gasteiger partial charge in [-0.15, -0.1) is 11.8 Å². The van der Waals surface area contributed by atoms with E-state index in [1.54, 1.807) is 13.8 Å². The summed E-state index contributed by atoms with van der Waals surface area (Å²) >= 11 is 1.51. The van der Waals surface area contributed by atoms with Crippen LogP contribution in [0.25, 0.3) is 0 Å². The molecule has 6 heteroatoms. The van der Waals surface area contributed by atoms with E-state index in [4.69, 9.17) is 13.6 Å². The molecule has 0 aromatic rings. The van der Waals surface area contributed by atoms with Crippen molar-refractivity contribution in [1.82, 2.24) is 0 Å². The Balaban J connectivity index is 2.80. The Kier molecular flexibility index (Phi) is 7.08. The van der Waals surface area contributed by atoms with Gasteiger partial charge in [-0.25, -0.2) is 4.57 Å². The summed E-state index contributed by atoms with van der Waals surface area (Å²) in [4.78, 5) is 0. The summed E-state index contributed by atoms with van der Waals surface area (Å²) in [6.45, 7) is 4.12. The molecule has 1 rings (SSSR count). The molecule has 0 radical (unpaired) electrons. The van der Waals surface area contributed by atoms with Crippen LogP contribution in [0.15, 0.2) is 22.8 Å². The lowest BCUT2D eigenvalue weighted by molar-refractivity contribution is 0.147. The van der Waals surface area contributed by atoms with Crippen LogP contribution in [0, 0.1) is 0 Å². The third kappa shape index (κ3) is 4.81. The van der Waals surface area contributed by atoms with Gasteiger partial charge < -0.3 is 4.52 Å². The minimum absolute atomic E-state index is 0.295. The summed E-state index contributed by atoms with van der Waals surface area (Å²) in [7, 11) is -3.48. The molecule has 1 aliphatic carbocycles. The van der Waals surface area contributed by atoms with E-state index in [0.717, 1.165) is 24.8 Å². The summed E-state index contributed by atoms with van der Waals surface area (Å²) in [5, 5.41) is 1.85. The molecule has 104 valence electrons. The average Bonchev–Trinajstić information content (AvgIpc) is 2.82. The zero-order valence-corrected chi connectivity index (χ0v) is 12.9. The molecule has 0 aromatic carbocycles. The third-order valence-electron chi connectivity index (χ3n) is 2.37. The van der Waals surface area contributed by atoms with Crippen molar-refractivity contribution in [2.45, 2.75) is 33.1 Å². The van der Waals surface area contributed by atoms with Gasteiger partial charge in [0.15, 0.2) is 0 Å². The maximum atomic E-state index is 12.3. The first-order chi connectivity index (χ1) is 8.65. The molecule has 4 nitrogen and oxygen atoms in total. The van der Waals surface area contributed by atoms with Gasteiger partial charge in [0.2, 0.25) is 0 Å². The average molecular weight is 292 g/mol. The largest absolute Gasteiger partial charge is 0.530 e. The minimum atomic E-state index is -3.48. The van der Waals surface area contributed by atoms with Crippen molar-refractivity contribution in [2.24, 2.45) is 0 Å². The molecule has 0 N–H and O–H groups in total. The first-order valence-electron chi connectivity index (χ1n) is 6.16. The summed E-state index contributed by atoms with van der Waals surface area (Å²) < 4.78 is 28.1. The number of thioether (sulfide) groups is 1. The van der Waals surface area contributed by atoms with E-state index in [1.165, 1.54) is 11.8 Å². The molecule has 18 heavy (non-hydrogen) atoms. The van der Waals surface area contributed by atoms with E-state index in [1.807, 2.05) is 11.7 Å². The van der Waals surface area contributed by atoms with Gasteiger partial charge in [0.1, 0.15) is 5.76 Å². The highest BCUT2D eigenvalue weighted by Gasteiger charge is 2.29. The number of rotatable bonds is 8. The number of allylic oxidation sites excluding steroid dienone is 2. The normalized spacial score (nSPS) is 16.8. The Morgan fingerprint density at radius 2 is 2.11 bits per heavy atom. The SMILES string of the molecule is CCOP(=O)(OCC)O/C(=C\SC)C1=CCCC1. The predicted molar refractivity (Wildman–Crippen MR) is 75.5 cm³/mol. The smallest absolute Gasteiger partial charge is 0.403 e. The van der Waals surface area contributed by atoms with Gasteiger partial charge in [0.25, 0.3) is 0 Å². The van der Waals surface area contributed by atoms with Crippen LogP contribution >= 0.6 is 19.6 Å². The zero-order valence-electron chi connectivity index (χ0n) is 11.2. The first kappa shape index (κ1) is 15.8. The molecular weight excluding hydrogens is 271 g/mol. The molecule has 1 aliphatic rings. The van der Waals surface area contributed by atoms with Gasteiger partial charge in [0.05, 0.1) is 13.2 Å². The van der Waals surface area contributed by atoms with Crippen LogP contribution in [0.4, 0.5) is 0 Å². The number of phosphoric acid groups is 1. The molecular formula is C12H21O4PS. The van der Waals surface area contributed by atoms with Crippen molar-refractivity contribution in [2.75, 3.05) is 19.5 Å². The Labute approximate surface area is 113 Å². The van der Waals surface area contributed by atoms with Crippen molar-refractivity contribution in [3.63, 3.8) is 0 Å². The highest BCUT2D eigenvalue weighted by atomic mass is 32.2. The van der Waals surface area contributed by atoms with E-state index < -0.39 is 7.82 Å². The second-order valence-electron chi connectivity index (χ2n) is 3.71. The molecule has 0 saturated carbocycles. The van der Waals surface area contributed by atoms with Gasteiger partial charge in [0, 0.05) is 5.41 Å². The summed E-state index contributed by atoms with van der Waals surface area (Å²) in [5.41, 5.74) is 1.09. The van der Waals surface area contributed by atoms with E-state index in [-0.39, 0.29) is 0 Å². The number of hydrogen-bond acceptors (Lipinski definition) is 5. The molecule has 0 fully saturated rings. The van der Waals surface area contributed by atoms with Gasteiger partial charge in [-0.05, 0) is 44.9 Å². The monoisotopic (exact) mass is 292 g/mol. The molecule has 0 heterocycles. The molecule has 0 aromatic heterocycles. The fourth-order valence-electron chi connectivity index (χ4n) is 1.68. The van der Waals surface area contributed by atoms with Crippen molar-refractivity contribution >= 4 is 19.6 Å². The van der Waals surface area contributed by atoms with E-state index in [2.05, 4.69) is 6.08 Å². The summed E-state index contributed by atoms with van der Waals surface area (Å²) in [6.07, 6.45) is 7.15. The highest BCUT2D eigenvalue weighted by Crippen LogP contribution is 2.52. The van der Waals surface area contributed by atoms with Gasteiger partial charge >= 0.3 is 7.82 Å². The Bertz CT molecular complexity index is 355. The van der Waals surface area contributed by atoms with Crippen LogP contribution in [-0.2, 0) is 18.1 Å². The zero-order chi connectivity index (χ0) is 13.4. The maximum Gasteiger partial charge on any atom is 0.530 e. The molecule has 0 aliphatic heterocycles. The maximum absolute atomic E-state index is 12.3. The third-order valence-corrected chi connectivity index (χ3v) is 4.39. The molecule has 0 atom stereocenters. The van der Waals surface area contributed by atoms with Crippen LogP contribution < -0.4 is 0 Å².